The van der Waals surface area contributed by atoms with Gasteiger partial charge in [-0.05, 0) is 31.2 Å². The average molecular weight is 179 g/mol. The molecule has 0 saturated heterocycles. The van der Waals surface area contributed by atoms with Gasteiger partial charge >= 0.3 is 0 Å². The van der Waals surface area contributed by atoms with Gasteiger partial charge in [0.15, 0.2) is 0 Å². The Bertz CT molecular complexity index is 239. The quantitative estimate of drug-likeness (QED) is 0.722. The molecule has 1 aromatic rings. The van der Waals surface area contributed by atoms with Gasteiger partial charge < -0.3 is 5.32 Å². The number of aromatic amines is 1. The second-order valence-electron chi connectivity index (χ2n) is 3.81. The minimum Gasteiger partial charge on any atom is -0.308 e. The van der Waals surface area contributed by atoms with Gasteiger partial charge in [0.05, 0.1) is 0 Å². The minimum atomic E-state index is 0.711. The summed E-state index contributed by atoms with van der Waals surface area (Å²) in [7, 11) is 0. The van der Waals surface area contributed by atoms with Gasteiger partial charge in [0.1, 0.15) is 0 Å². The first-order valence-corrected chi connectivity index (χ1v) is 5.11. The average Bonchev–Trinajstić information content (AvgIpc) is 2.84. The van der Waals surface area contributed by atoms with Gasteiger partial charge in [-0.3, -0.25) is 5.10 Å². The molecule has 0 aliphatic heterocycles. The smallest absolute Gasteiger partial charge is 0.0490 e. The lowest BCUT2D eigenvalue weighted by atomic mass is 10.1. The highest BCUT2D eigenvalue weighted by atomic mass is 15.1. The monoisotopic (exact) mass is 179 g/mol. The molecule has 13 heavy (non-hydrogen) atoms. The number of nitrogens with one attached hydrogen (secondary N) is 2. The number of nitrogens with zero attached hydrogens (tertiary/aromatic N) is 1. The summed E-state index contributed by atoms with van der Waals surface area (Å²) in [5.41, 5.74) is 1.18. The van der Waals surface area contributed by atoms with E-state index in [4.69, 9.17) is 0 Å². The first-order chi connectivity index (χ1) is 6.40. The Morgan fingerprint density at radius 3 is 3.08 bits per heavy atom. The summed E-state index contributed by atoms with van der Waals surface area (Å²) in [4.78, 5) is 0. The number of aromatic nitrogens is 2. The predicted octanol–water partition coefficient (Wildman–Crippen LogP) is 1.69. The molecule has 3 nitrogen and oxygen atoms in total. The molecule has 1 atom stereocenters. The predicted molar refractivity (Wildman–Crippen MR) is 52.2 cm³/mol. The molecule has 2 N–H and O–H groups in total. The maximum Gasteiger partial charge on any atom is 0.0490 e. The maximum atomic E-state index is 3.92. The summed E-state index contributed by atoms with van der Waals surface area (Å²) >= 11 is 0. The third-order valence-electron chi connectivity index (χ3n) is 2.74. The summed E-state index contributed by atoms with van der Waals surface area (Å²) in [6.07, 6.45) is 5.86. The molecule has 1 aliphatic carbocycles. The first kappa shape index (κ1) is 8.75. The van der Waals surface area contributed by atoms with Crippen LogP contribution in [0.25, 0.3) is 0 Å². The van der Waals surface area contributed by atoms with Crippen molar-refractivity contribution >= 4 is 0 Å². The maximum absolute atomic E-state index is 3.92. The summed E-state index contributed by atoms with van der Waals surface area (Å²) in [6.45, 7) is 3.18. The van der Waals surface area contributed by atoms with E-state index in [0.29, 0.717) is 6.04 Å². The molecule has 0 amide bonds. The Labute approximate surface area is 78.9 Å². The Morgan fingerprint density at radius 2 is 2.54 bits per heavy atom. The molecule has 1 saturated carbocycles. The molecular weight excluding hydrogens is 162 g/mol. The molecule has 3 heteroatoms. The molecule has 1 unspecified atom stereocenters. The molecule has 1 heterocycles. The SMILES string of the molecule is CCC(NCc1ccn[nH]1)C1CC1. The number of rotatable bonds is 5. The van der Waals surface area contributed by atoms with E-state index in [1.165, 1.54) is 25.0 Å². The van der Waals surface area contributed by atoms with E-state index in [9.17, 15) is 0 Å². The zero-order valence-electron chi connectivity index (χ0n) is 8.09. The highest BCUT2D eigenvalue weighted by Gasteiger charge is 2.29. The zero-order chi connectivity index (χ0) is 9.10. The molecule has 72 valence electrons. The Kier molecular flexibility index (Phi) is 2.64. The normalized spacial score (nSPS) is 18.8. The van der Waals surface area contributed by atoms with Crippen molar-refractivity contribution in [1.29, 1.82) is 0 Å². The van der Waals surface area contributed by atoms with E-state index < -0.39 is 0 Å². The van der Waals surface area contributed by atoms with E-state index in [1.807, 2.05) is 6.07 Å². The van der Waals surface area contributed by atoms with Crippen LogP contribution in [0.1, 0.15) is 31.9 Å². The largest absolute Gasteiger partial charge is 0.308 e. The van der Waals surface area contributed by atoms with Crippen LogP contribution in [0.4, 0.5) is 0 Å². The van der Waals surface area contributed by atoms with E-state index in [-0.39, 0.29) is 0 Å². The zero-order valence-corrected chi connectivity index (χ0v) is 8.09. The Balaban J connectivity index is 1.77. The fourth-order valence-electron chi connectivity index (χ4n) is 1.77. The molecule has 0 bridgehead atoms. The van der Waals surface area contributed by atoms with Crippen LogP contribution >= 0.6 is 0 Å². The second kappa shape index (κ2) is 3.92. The number of hydrogen-bond acceptors (Lipinski definition) is 2. The fraction of sp³-hybridized carbons (Fsp3) is 0.700. The third kappa shape index (κ3) is 2.31. The van der Waals surface area contributed by atoms with E-state index in [0.717, 1.165) is 12.5 Å². The van der Waals surface area contributed by atoms with E-state index >= 15 is 0 Å². The van der Waals surface area contributed by atoms with Gasteiger partial charge in [0.25, 0.3) is 0 Å². The molecule has 0 spiro atoms. The van der Waals surface area contributed by atoms with Crippen molar-refractivity contribution in [2.24, 2.45) is 5.92 Å². The molecule has 0 aromatic carbocycles. The van der Waals surface area contributed by atoms with Gasteiger partial charge in [-0.1, -0.05) is 6.92 Å². The van der Waals surface area contributed by atoms with Crippen molar-refractivity contribution in [3.8, 4) is 0 Å². The standard InChI is InChI=1S/C10H17N3/c1-2-10(8-3-4-8)11-7-9-5-6-12-13-9/h5-6,8,10-11H,2-4,7H2,1H3,(H,12,13). The van der Waals surface area contributed by atoms with Crippen molar-refractivity contribution in [3.05, 3.63) is 18.0 Å². The third-order valence-corrected chi connectivity index (χ3v) is 2.74. The van der Waals surface area contributed by atoms with Crippen LogP contribution in [0.5, 0.6) is 0 Å². The summed E-state index contributed by atoms with van der Waals surface area (Å²) < 4.78 is 0. The Hall–Kier alpha value is -0.830. The summed E-state index contributed by atoms with van der Waals surface area (Å²) in [6, 6.07) is 2.73. The molecular formula is C10H17N3. The van der Waals surface area contributed by atoms with E-state index in [2.05, 4.69) is 22.4 Å². The molecule has 1 aliphatic rings. The first-order valence-electron chi connectivity index (χ1n) is 5.11. The van der Waals surface area contributed by atoms with Crippen LogP contribution in [0.2, 0.25) is 0 Å². The van der Waals surface area contributed by atoms with Gasteiger partial charge in [-0.15, -0.1) is 0 Å². The van der Waals surface area contributed by atoms with Gasteiger partial charge in [0.2, 0.25) is 0 Å². The van der Waals surface area contributed by atoms with Crippen LogP contribution in [0, 0.1) is 5.92 Å². The van der Waals surface area contributed by atoms with Crippen LogP contribution in [-0.2, 0) is 6.54 Å². The topological polar surface area (TPSA) is 40.7 Å². The van der Waals surface area contributed by atoms with Crippen molar-refractivity contribution < 1.29 is 0 Å². The lowest BCUT2D eigenvalue weighted by molar-refractivity contribution is 0.446. The number of hydrogen-bond donors (Lipinski definition) is 2. The van der Waals surface area contributed by atoms with Crippen molar-refractivity contribution in [2.45, 2.75) is 38.8 Å². The summed E-state index contributed by atoms with van der Waals surface area (Å²) in [5, 5.41) is 10.4. The second-order valence-corrected chi connectivity index (χ2v) is 3.81. The lowest BCUT2D eigenvalue weighted by Crippen LogP contribution is -2.29. The molecule has 0 radical (unpaired) electrons. The lowest BCUT2D eigenvalue weighted by Gasteiger charge is -2.14. The van der Waals surface area contributed by atoms with Gasteiger partial charge in [-0.2, -0.15) is 5.10 Å². The molecule has 1 fully saturated rings. The Morgan fingerprint density at radius 1 is 1.69 bits per heavy atom. The van der Waals surface area contributed by atoms with Crippen molar-refractivity contribution in [2.75, 3.05) is 0 Å². The van der Waals surface area contributed by atoms with Crippen molar-refractivity contribution in [3.63, 3.8) is 0 Å². The van der Waals surface area contributed by atoms with Gasteiger partial charge in [0, 0.05) is 24.5 Å². The number of H-pyrrole nitrogens is 1. The summed E-state index contributed by atoms with van der Waals surface area (Å²) in [5.74, 6) is 0.938. The van der Waals surface area contributed by atoms with Crippen LogP contribution in [0.15, 0.2) is 12.3 Å². The highest BCUT2D eigenvalue weighted by Crippen LogP contribution is 2.33. The molecule has 2 rings (SSSR count). The van der Waals surface area contributed by atoms with Crippen LogP contribution < -0.4 is 5.32 Å². The molecule has 1 aromatic heterocycles. The van der Waals surface area contributed by atoms with Crippen LogP contribution in [0.3, 0.4) is 0 Å². The van der Waals surface area contributed by atoms with Gasteiger partial charge in [-0.25, -0.2) is 0 Å². The van der Waals surface area contributed by atoms with E-state index in [1.54, 1.807) is 6.20 Å². The minimum absolute atomic E-state index is 0.711. The van der Waals surface area contributed by atoms with Crippen LogP contribution in [-0.4, -0.2) is 16.2 Å². The fourth-order valence-corrected chi connectivity index (χ4v) is 1.77. The van der Waals surface area contributed by atoms with Crippen molar-refractivity contribution in [1.82, 2.24) is 15.5 Å². The highest BCUT2D eigenvalue weighted by molar-refractivity contribution is 4.98.